The Hall–Kier alpha value is -2.54. The van der Waals surface area contributed by atoms with Crippen LogP contribution < -0.4 is 9.46 Å². The Labute approximate surface area is 172 Å². The van der Waals surface area contributed by atoms with E-state index in [2.05, 4.69) is 4.72 Å². The van der Waals surface area contributed by atoms with Gasteiger partial charge in [0.1, 0.15) is 5.75 Å². The molecule has 0 heterocycles. The lowest BCUT2D eigenvalue weighted by atomic mass is 10.1. The number of nitrogens with one attached hydrogen (secondary N) is 1. The molecule has 0 spiro atoms. The fourth-order valence-electron chi connectivity index (χ4n) is 3.68. The molecule has 0 saturated heterocycles. The number of hydrogen-bond acceptors (Lipinski definition) is 4. The second kappa shape index (κ2) is 9.31. The SMILES string of the molecule is COc1ccc(NS(=O)(=O)c2cccc(C(=O)N(C)C3CCCCCC3)c2)cc1. The number of rotatable bonds is 6. The average Bonchev–Trinajstić information content (AvgIpc) is 3.02. The van der Waals surface area contributed by atoms with Crippen LogP contribution in [0, 0.1) is 0 Å². The van der Waals surface area contributed by atoms with Crippen molar-refractivity contribution in [2.24, 2.45) is 0 Å². The molecule has 0 unspecified atom stereocenters. The molecule has 1 saturated carbocycles. The molecular weight excluding hydrogens is 388 g/mol. The number of anilines is 1. The number of carbonyl (C=O) groups excluding carboxylic acids is 1. The van der Waals surface area contributed by atoms with Crippen molar-refractivity contribution in [1.82, 2.24) is 4.90 Å². The van der Waals surface area contributed by atoms with Crippen molar-refractivity contribution in [3.63, 3.8) is 0 Å². The number of ether oxygens (including phenoxy) is 1. The van der Waals surface area contributed by atoms with Crippen molar-refractivity contribution in [2.75, 3.05) is 18.9 Å². The maximum atomic E-state index is 13.0. The number of methoxy groups -OCH3 is 1. The first kappa shape index (κ1) is 21.2. The van der Waals surface area contributed by atoms with Gasteiger partial charge in [-0.2, -0.15) is 0 Å². The van der Waals surface area contributed by atoms with E-state index in [1.54, 1.807) is 48.4 Å². The van der Waals surface area contributed by atoms with Crippen molar-refractivity contribution >= 4 is 21.6 Å². The van der Waals surface area contributed by atoms with Gasteiger partial charge in [0.2, 0.25) is 0 Å². The molecule has 7 heteroatoms. The molecule has 156 valence electrons. The van der Waals surface area contributed by atoms with E-state index in [1.165, 1.54) is 25.0 Å². The van der Waals surface area contributed by atoms with Crippen LogP contribution in [0.4, 0.5) is 5.69 Å². The van der Waals surface area contributed by atoms with Gasteiger partial charge in [0.15, 0.2) is 0 Å². The largest absolute Gasteiger partial charge is 0.497 e. The second-order valence-corrected chi connectivity index (χ2v) is 9.11. The van der Waals surface area contributed by atoms with E-state index >= 15 is 0 Å². The Balaban J connectivity index is 1.77. The summed E-state index contributed by atoms with van der Waals surface area (Å²) in [6.07, 6.45) is 6.68. The van der Waals surface area contributed by atoms with Gasteiger partial charge >= 0.3 is 0 Å². The molecule has 2 aromatic carbocycles. The zero-order valence-corrected chi connectivity index (χ0v) is 17.7. The maximum absolute atomic E-state index is 13.0. The van der Waals surface area contributed by atoms with Gasteiger partial charge in [-0.05, 0) is 55.3 Å². The van der Waals surface area contributed by atoms with Gasteiger partial charge in [-0.3, -0.25) is 9.52 Å². The molecule has 0 aromatic heterocycles. The Bertz CT molecular complexity index is 934. The van der Waals surface area contributed by atoms with E-state index in [1.807, 2.05) is 7.05 Å². The standard InChI is InChI=1S/C22H28N2O4S/c1-24(19-9-5-3-4-6-10-19)22(25)17-8-7-11-21(16-17)29(26,27)23-18-12-14-20(28-2)15-13-18/h7-8,11-16,19,23H,3-6,9-10H2,1-2H3. The lowest BCUT2D eigenvalue weighted by Crippen LogP contribution is -2.36. The quantitative estimate of drug-likeness (QED) is 0.713. The summed E-state index contributed by atoms with van der Waals surface area (Å²) in [6.45, 7) is 0. The van der Waals surface area contributed by atoms with E-state index < -0.39 is 10.0 Å². The molecule has 2 aromatic rings. The highest BCUT2D eigenvalue weighted by molar-refractivity contribution is 7.92. The van der Waals surface area contributed by atoms with Crippen LogP contribution >= 0.6 is 0 Å². The van der Waals surface area contributed by atoms with Crippen LogP contribution in [0.25, 0.3) is 0 Å². The number of nitrogens with zero attached hydrogens (tertiary/aromatic N) is 1. The maximum Gasteiger partial charge on any atom is 0.261 e. The molecule has 1 N–H and O–H groups in total. The van der Waals surface area contributed by atoms with Gasteiger partial charge in [-0.1, -0.05) is 31.7 Å². The molecule has 1 amide bonds. The van der Waals surface area contributed by atoms with Gasteiger partial charge in [-0.25, -0.2) is 8.42 Å². The highest BCUT2D eigenvalue weighted by Crippen LogP contribution is 2.24. The Morgan fingerprint density at radius 3 is 2.31 bits per heavy atom. The van der Waals surface area contributed by atoms with E-state index in [-0.39, 0.29) is 16.8 Å². The van der Waals surface area contributed by atoms with Crippen LogP contribution in [0.15, 0.2) is 53.4 Å². The third-order valence-electron chi connectivity index (χ3n) is 5.43. The smallest absolute Gasteiger partial charge is 0.261 e. The van der Waals surface area contributed by atoms with Crippen molar-refractivity contribution in [2.45, 2.75) is 49.5 Å². The van der Waals surface area contributed by atoms with Gasteiger partial charge in [0.05, 0.1) is 12.0 Å². The van der Waals surface area contributed by atoms with E-state index in [9.17, 15) is 13.2 Å². The predicted molar refractivity (Wildman–Crippen MR) is 114 cm³/mol. The van der Waals surface area contributed by atoms with E-state index in [0.717, 1.165) is 25.7 Å². The number of amides is 1. The molecule has 1 aliphatic rings. The normalized spacial score (nSPS) is 15.4. The fourth-order valence-corrected chi connectivity index (χ4v) is 4.79. The Kier molecular flexibility index (Phi) is 6.79. The van der Waals surface area contributed by atoms with Gasteiger partial charge in [-0.15, -0.1) is 0 Å². The molecule has 29 heavy (non-hydrogen) atoms. The zero-order valence-electron chi connectivity index (χ0n) is 16.9. The van der Waals surface area contributed by atoms with Gasteiger partial charge in [0.25, 0.3) is 15.9 Å². The summed E-state index contributed by atoms with van der Waals surface area (Å²) < 4.78 is 33.2. The van der Waals surface area contributed by atoms with Crippen LogP contribution in [0.1, 0.15) is 48.9 Å². The zero-order chi connectivity index (χ0) is 20.9. The molecule has 0 atom stereocenters. The van der Waals surface area contributed by atoms with Crippen LogP contribution in [0.3, 0.4) is 0 Å². The molecule has 6 nitrogen and oxygen atoms in total. The lowest BCUT2D eigenvalue weighted by molar-refractivity contribution is 0.0717. The van der Waals surface area contributed by atoms with E-state index in [0.29, 0.717) is 17.0 Å². The highest BCUT2D eigenvalue weighted by atomic mass is 32.2. The lowest BCUT2D eigenvalue weighted by Gasteiger charge is -2.27. The minimum atomic E-state index is -3.81. The molecule has 1 aliphatic carbocycles. The van der Waals surface area contributed by atoms with Crippen LogP contribution in [0.5, 0.6) is 5.75 Å². The summed E-state index contributed by atoms with van der Waals surface area (Å²) in [4.78, 5) is 14.8. The minimum absolute atomic E-state index is 0.0634. The van der Waals surface area contributed by atoms with Crippen LogP contribution in [-0.4, -0.2) is 39.4 Å². The van der Waals surface area contributed by atoms with E-state index in [4.69, 9.17) is 4.74 Å². The number of carbonyl (C=O) groups is 1. The first-order chi connectivity index (χ1) is 13.9. The molecular formula is C22H28N2O4S. The first-order valence-corrected chi connectivity index (χ1v) is 11.4. The number of hydrogen-bond donors (Lipinski definition) is 1. The summed E-state index contributed by atoms with van der Waals surface area (Å²) in [5, 5.41) is 0. The van der Waals surface area contributed by atoms with Gasteiger partial charge < -0.3 is 9.64 Å². The summed E-state index contributed by atoms with van der Waals surface area (Å²) in [7, 11) is -0.443. The minimum Gasteiger partial charge on any atom is -0.497 e. The van der Waals surface area contributed by atoms with Crippen molar-refractivity contribution < 1.29 is 17.9 Å². The Morgan fingerprint density at radius 1 is 1.03 bits per heavy atom. The topological polar surface area (TPSA) is 75.7 Å². The summed E-state index contributed by atoms with van der Waals surface area (Å²) in [5.74, 6) is 0.500. The highest BCUT2D eigenvalue weighted by Gasteiger charge is 2.23. The molecule has 0 bridgehead atoms. The predicted octanol–water partition coefficient (Wildman–Crippen LogP) is 4.29. The summed E-state index contributed by atoms with van der Waals surface area (Å²) in [6, 6.07) is 13.0. The van der Waals surface area contributed by atoms with Crippen molar-refractivity contribution in [3.8, 4) is 5.75 Å². The van der Waals surface area contributed by atoms with Crippen molar-refractivity contribution in [1.29, 1.82) is 0 Å². The third kappa shape index (κ3) is 5.29. The first-order valence-electron chi connectivity index (χ1n) is 9.95. The van der Waals surface area contributed by atoms with Crippen LogP contribution in [-0.2, 0) is 10.0 Å². The average molecular weight is 417 g/mol. The summed E-state index contributed by atoms with van der Waals surface area (Å²) >= 11 is 0. The summed E-state index contributed by atoms with van der Waals surface area (Å²) in [5.41, 5.74) is 0.812. The third-order valence-corrected chi connectivity index (χ3v) is 6.81. The molecule has 3 rings (SSSR count). The number of sulfonamides is 1. The second-order valence-electron chi connectivity index (χ2n) is 7.42. The van der Waals surface area contributed by atoms with Crippen molar-refractivity contribution in [3.05, 3.63) is 54.1 Å². The van der Waals surface area contributed by atoms with Gasteiger partial charge in [0, 0.05) is 24.3 Å². The monoisotopic (exact) mass is 416 g/mol. The molecule has 0 aliphatic heterocycles. The molecule has 1 fully saturated rings. The van der Waals surface area contributed by atoms with Crippen LogP contribution in [0.2, 0.25) is 0 Å². The number of benzene rings is 2. The molecule has 0 radical (unpaired) electrons. The Morgan fingerprint density at radius 2 is 1.69 bits per heavy atom. The fraction of sp³-hybridized carbons (Fsp3) is 0.409.